The molecule has 0 atom stereocenters. The van der Waals surface area contributed by atoms with E-state index in [4.69, 9.17) is 9.15 Å². The van der Waals surface area contributed by atoms with E-state index in [2.05, 4.69) is 5.32 Å². The Morgan fingerprint density at radius 3 is 2.61 bits per heavy atom. The van der Waals surface area contributed by atoms with E-state index in [0.29, 0.717) is 17.9 Å². The molecule has 2 rings (SSSR count). The summed E-state index contributed by atoms with van der Waals surface area (Å²) >= 11 is 0. The molecule has 0 spiro atoms. The minimum absolute atomic E-state index is 0.00524. The molecule has 0 bridgehead atoms. The number of hydrogen-bond donors (Lipinski definition) is 1. The van der Waals surface area contributed by atoms with Crippen LogP contribution in [0.2, 0.25) is 0 Å². The molecule has 0 fully saturated rings. The van der Waals surface area contributed by atoms with Crippen molar-refractivity contribution < 1.29 is 22.4 Å². The molecule has 0 radical (unpaired) electrons. The quantitative estimate of drug-likeness (QED) is 0.872. The molecule has 0 unspecified atom stereocenters. The van der Waals surface area contributed by atoms with Crippen LogP contribution in [-0.2, 0) is 10.0 Å². The molecule has 1 heterocycles. The van der Waals surface area contributed by atoms with Crippen molar-refractivity contribution in [3.05, 3.63) is 42.4 Å². The van der Waals surface area contributed by atoms with E-state index in [1.54, 1.807) is 13.0 Å². The van der Waals surface area contributed by atoms with Gasteiger partial charge in [0.1, 0.15) is 16.9 Å². The number of benzene rings is 1. The van der Waals surface area contributed by atoms with Crippen LogP contribution in [0.1, 0.15) is 17.3 Å². The van der Waals surface area contributed by atoms with E-state index in [1.165, 1.54) is 44.8 Å². The van der Waals surface area contributed by atoms with Crippen LogP contribution in [0.25, 0.3) is 0 Å². The number of ether oxygens (including phenoxy) is 1. The number of nitrogens with zero attached hydrogens (tertiary/aromatic N) is 1. The zero-order chi connectivity index (χ0) is 17.0. The Hall–Kier alpha value is -2.32. The van der Waals surface area contributed by atoms with Crippen LogP contribution >= 0.6 is 0 Å². The Bertz CT molecular complexity index is 782. The maximum atomic E-state index is 12.4. The highest BCUT2D eigenvalue weighted by Crippen LogP contribution is 2.29. The summed E-state index contributed by atoms with van der Waals surface area (Å²) in [7, 11) is -0.839. The highest BCUT2D eigenvalue weighted by atomic mass is 32.2. The van der Waals surface area contributed by atoms with Gasteiger partial charge in [-0.1, -0.05) is 0 Å². The zero-order valence-corrected chi connectivity index (χ0v) is 13.9. The first kappa shape index (κ1) is 17.0. The molecule has 0 aliphatic heterocycles. The molecule has 1 amide bonds. The molecular weight excluding hydrogens is 320 g/mol. The van der Waals surface area contributed by atoms with Crippen LogP contribution in [0.4, 0.5) is 5.69 Å². The summed E-state index contributed by atoms with van der Waals surface area (Å²) < 4.78 is 36.1. The fourth-order valence-corrected chi connectivity index (χ4v) is 2.91. The molecule has 23 heavy (non-hydrogen) atoms. The lowest BCUT2D eigenvalue weighted by atomic mass is 10.2. The van der Waals surface area contributed by atoms with Gasteiger partial charge in [0.05, 0.1) is 18.4 Å². The third-order valence-corrected chi connectivity index (χ3v) is 4.88. The normalized spacial score (nSPS) is 11.5. The average molecular weight is 338 g/mol. The number of hydrogen-bond acceptors (Lipinski definition) is 5. The maximum Gasteiger partial charge on any atom is 0.258 e. The number of furan rings is 1. The fourth-order valence-electron chi connectivity index (χ4n) is 1.86. The van der Waals surface area contributed by atoms with Crippen LogP contribution in [0, 0.1) is 0 Å². The molecule has 1 aromatic carbocycles. The summed E-state index contributed by atoms with van der Waals surface area (Å²) in [6, 6.07) is 5.99. The largest absolute Gasteiger partial charge is 0.492 e. The van der Waals surface area contributed by atoms with E-state index in [9.17, 15) is 13.2 Å². The smallest absolute Gasteiger partial charge is 0.258 e. The van der Waals surface area contributed by atoms with E-state index in [1.807, 2.05) is 0 Å². The van der Waals surface area contributed by atoms with E-state index < -0.39 is 15.9 Å². The van der Waals surface area contributed by atoms with E-state index in [-0.39, 0.29) is 10.6 Å². The molecule has 0 saturated heterocycles. The van der Waals surface area contributed by atoms with Gasteiger partial charge in [-0.15, -0.1) is 0 Å². The standard InChI is InChI=1S/C15H18N2O5S/c1-4-22-13-6-5-12(9-14(13)23(19,20)17(2)3)16-15(18)11-7-8-21-10-11/h5-10H,4H2,1-3H3,(H,16,18). The highest BCUT2D eigenvalue weighted by molar-refractivity contribution is 7.89. The third kappa shape index (κ3) is 3.72. The van der Waals surface area contributed by atoms with Crippen molar-refractivity contribution in [3.63, 3.8) is 0 Å². The summed E-state index contributed by atoms with van der Waals surface area (Å²) in [5.41, 5.74) is 0.691. The maximum absolute atomic E-state index is 12.4. The van der Waals surface area contributed by atoms with E-state index in [0.717, 1.165) is 4.31 Å². The lowest BCUT2D eigenvalue weighted by Gasteiger charge is -2.16. The van der Waals surface area contributed by atoms with Gasteiger partial charge in [-0.2, -0.15) is 0 Å². The lowest BCUT2D eigenvalue weighted by Crippen LogP contribution is -2.23. The molecule has 0 saturated carbocycles. The average Bonchev–Trinajstić information content (AvgIpc) is 3.03. The van der Waals surface area contributed by atoms with Crippen LogP contribution < -0.4 is 10.1 Å². The summed E-state index contributed by atoms with van der Waals surface area (Å²) in [6.45, 7) is 2.09. The summed E-state index contributed by atoms with van der Waals surface area (Å²) in [5.74, 6) is -0.154. The molecule has 2 aromatic rings. The Morgan fingerprint density at radius 1 is 1.30 bits per heavy atom. The van der Waals surface area contributed by atoms with Crippen molar-refractivity contribution in [2.24, 2.45) is 0 Å². The second kappa shape index (κ2) is 6.84. The van der Waals surface area contributed by atoms with Gasteiger partial charge in [0.15, 0.2) is 0 Å². The van der Waals surface area contributed by atoms with Gasteiger partial charge in [0, 0.05) is 19.8 Å². The van der Waals surface area contributed by atoms with Gasteiger partial charge < -0.3 is 14.5 Å². The van der Waals surface area contributed by atoms with Crippen molar-refractivity contribution in [3.8, 4) is 5.75 Å². The summed E-state index contributed by atoms with van der Waals surface area (Å²) in [4.78, 5) is 12.0. The Kier molecular flexibility index (Phi) is 5.07. The van der Waals surface area contributed by atoms with Crippen LogP contribution in [0.3, 0.4) is 0 Å². The van der Waals surface area contributed by atoms with Crippen molar-refractivity contribution >= 4 is 21.6 Å². The predicted octanol–water partition coefficient (Wildman–Crippen LogP) is 2.18. The van der Waals surface area contributed by atoms with Gasteiger partial charge in [0.2, 0.25) is 10.0 Å². The number of rotatable bonds is 6. The first-order valence-electron chi connectivity index (χ1n) is 6.89. The molecule has 1 N–H and O–H groups in total. The molecule has 7 nitrogen and oxygen atoms in total. The van der Waals surface area contributed by atoms with Crippen LogP contribution in [-0.4, -0.2) is 39.3 Å². The van der Waals surface area contributed by atoms with Gasteiger partial charge in [-0.25, -0.2) is 12.7 Å². The minimum atomic E-state index is -3.70. The number of nitrogens with one attached hydrogen (secondary N) is 1. The Balaban J connectivity index is 2.38. The first-order valence-corrected chi connectivity index (χ1v) is 8.33. The van der Waals surface area contributed by atoms with Crippen molar-refractivity contribution in [2.45, 2.75) is 11.8 Å². The Labute approximate surface area is 134 Å². The third-order valence-electron chi connectivity index (χ3n) is 3.04. The molecule has 0 aliphatic carbocycles. The number of amides is 1. The first-order chi connectivity index (χ1) is 10.9. The fraction of sp³-hybridized carbons (Fsp3) is 0.267. The van der Waals surface area contributed by atoms with E-state index >= 15 is 0 Å². The number of sulfonamides is 1. The molecule has 8 heteroatoms. The van der Waals surface area contributed by atoms with Crippen molar-refractivity contribution in [1.29, 1.82) is 0 Å². The van der Waals surface area contributed by atoms with Crippen molar-refractivity contribution in [2.75, 3.05) is 26.0 Å². The molecular formula is C15H18N2O5S. The summed E-state index contributed by atoms with van der Waals surface area (Å²) in [5, 5.41) is 2.63. The van der Waals surface area contributed by atoms with Gasteiger partial charge >= 0.3 is 0 Å². The predicted molar refractivity (Wildman–Crippen MR) is 85.1 cm³/mol. The lowest BCUT2D eigenvalue weighted by molar-refractivity contribution is 0.102. The minimum Gasteiger partial charge on any atom is -0.492 e. The van der Waals surface area contributed by atoms with Gasteiger partial charge in [-0.05, 0) is 31.2 Å². The molecule has 124 valence electrons. The highest BCUT2D eigenvalue weighted by Gasteiger charge is 2.23. The molecule has 1 aromatic heterocycles. The monoisotopic (exact) mass is 338 g/mol. The topological polar surface area (TPSA) is 88.8 Å². The zero-order valence-electron chi connectivity index (χ0n) is 13.1. The van der Waals surface area contributed by atoms with Gasteiger partial charge in [-0.3, -0.25) is 4.79 Å². The number of carbonyl (C=O) groups is 1. The Morgan fingerprint density at radius 2 is 2.04 bits per heavy atom. The molecule has 0 aliphatic rings. The SMILES string of the molecule is CCOc1ccc(NC(=O)c2ccoc2)cc1S(=O)(=O)N(C)C. The van der Waals surface area contributed by atoms with Gasteiger partial charge in [0.25, 0.3) is 5.91 Å². The van der Waals surface area contributed by atoms with Crippen LogP contribution in [0.15, 0.2) is 46.1 Å². The number of carbonyl (C=O) groups excluding carboxylic acids is 1. The van der Waals surface area contributed by atoms with Crippen molar-refractivity contribution in [1.82, 2.24) is 4.31 Å². The summed E-state index contributed by atoms with van der Waals surface area (Å²) in [6.07, 6.45) is 2.69. The number of anilines is 1. The van der Waals surface area contributed by atoms with Crippen LogP contribution in [0.5, 0.6) is 5.75 Å². The second-order valence-electron chi connectivity index (χ2n) is 4.85. The second-order valence-corrected chi connectivity index (χ2v) is 6.97.